The Kier molecular flexibility index (Phi) is 3.17. The maximum atomic E-state index is 13.6. The molecule has 0 aromatic heterocycles. The van der Waals surface area contributed by atoms with E-state index in [4.69, 9.17) is 4.74 Å². The van der Waals surface area contributed by atoms with Gasteiger partial charge in [0.2, 0.25) is 0 Å². The zero-order valence-corrected chi connectivity index (χ0v) is 9.31. The molecule has 2 rings (SSSR count). The lowest BCUT2D eigenvalue weighted by atomic mass is 10.0. The van der Waals surface area contributed by atoms with E-state index < -0.39 is 6.10 Å². The van der Waals surface area contributed by atoms with Crippen LogP contribution in [-0.2, 0) is 5.75 Å². The van der Waals surface area contributed by atoms with Gasteiger partial charge in [0, 0.05) is 16.9 Å². The fourth-order valence-corrected chi connectivity index (χ4v) is 2.87. The molecule has 82 valence electrons. The molecule has 1 aliphatic heterocycles. The van der Waals surface area contributed by atoms with Crippen LogP contribution in [0.1, 0.15) is 23.7 Å². The minimum atomic E-state index is -0.704. The number of aliphatic hydroxyl groups is 1. The molecule has 1 aliphatic rings. The van der Waals surface area contributed by atoms with E-state index in [1.165, 1.54) is 6.07 Å². The smallest absolute Gasteiger partial charge is 0.129 e. The highest BCUT2D eigenvalue weighted by molar-refractivity contribution is 7.98. The van der Waals surface area contributed by atoms with Gasteiger partial charge in [-0.05, 0) is 24.3 Å². The molecular formula is C11H13FO2S. The monoisotopic (exact) mass is 228 g/mol. The van der Waals surface area contributed by atoms with E-state index in [0.717, 1.165) is 11.3 Å². The van der Waals surface area contributed by atoms with E-state index in [2.05, 4.69) is 0 Å². The Morgan fingerprint density at radius 1 is 1.53 bits per heavy atom. The fourth-order valence-electron chi connectivity index (χ4n) is 1.83. The van der Waals surface area contributed by atoms with Gasteiger partial charge >= 0.3 is 0 Å². The molecule has 15 heavy (non-hydrogen) atoms. The molecule has 0 bridgehead atoms. The van der Waals surface area contributed by atoms with E-state index >= 15 is 0 Å². The molecular weight excluding hydrogens is 215 g/mol. The summed E-state index contributed by atoms with van der Waals surface area (Å²) in [6.07, 6.45) is -0.105. The Morgan fingerprint density at radius 3 is 3.07 bits per heavy atom. The third-order valence-electron chi connectivity index (χ3n) is 2.60. The van der Waals surface area contributed by atoms with Crippen molar-refractivity contribution in [3.63, 3.8) is 0 Å². The van der Waals surface area contributed by atoms with Crippen LogP contribution in [0.25, 0.3) is 0 Å². The number of rotatable bonds is 1. The van der Waals surface area contributed by atoms with Gasteiger partial charge in [-0.25, -0.2) is 4.39 Å². The molecule has 0 aliphatic carbocycles. The predicted molar refractivity (Wildman–Crippen MR) is 58.7 cm³/mol. The largest absolute Gasteiger partial charge is 0.496 e. The summed E-state index contributed by atoms with van der Waals surface area (Å²) in [6.45, 7) is 0. The number of benzene rings is 1. The van der Waals surface area contributed by atoms with Gasteiger partial charge in [-0.2, -0.15) is 11.8 Å². The summed E-state index contributed by atoms with van der Waals surface area (Å²) in [5, 5.41) is 9.83. The molecule has 1 aromatic rings. The lowest BCUT2D eigenvalue weighted by Gasteiger charge is -2.15. The van der Waals surface area contributed by atoms with Gasteiger partial charge in [0.1, 0.15) is 11.6 Å². The number of methoxy groups -OCH3 is 1. The standard InChI is InChI=1S/C11H13FO2S/c1-14-10-3-2-8(12)11-7(10)6-15-5-4-9(11)13/h2-3,9,13H,4-6H2,1H3. The van der Waals surface area contributed by atoms with Crippen molar-refractivity contribution in [1.82, 2.24) is 0 Å². The summed E-state index contributed by atoms with van der Waals surface area (Å²) in [7, 11) is 1.56. The molecule has 1 N–H and O–H groups in total. The van der Waals surface area contributed by atoms with Gasteiger partial charge in [-0.1, -0.05) is 0 Å². The van der Waals surface area contributed by atoms with Crippen LogP contribution in [0, 0.1) is 5.82 Å². The van der Waals surface area contributed by atoms with Crippen molar-refractivity contribution in [2.45, 2.75) is 18.3 Å². The van der Waals surface area contributed by atoms with Crippen molar-refractivity contribution < 1.29 is 14.2 Å². The molecule has 0 radical (unpaired) electrons. The van der Waals surface area contributed by atoms with Gasteiger partial charge in [0.05, 0.1) is 13.2 Å². The Balaban J connectivity index is 2.55. The van der Waals surface area contributed by atoms with Gasteiger partial charge in [0.25, 0.3) is 0 Å². The molecule has 4 heteroatoms. The van der Waals surface area contributed by atoms with Gasteiger partial charge < -0.3 is 9.84 Å². The molecule has 1 heterocycles. The summed E-state index contributed by atoms with van der Waals surface area (Å²) in [5.41, 5.74) is 1.21. The minimum Gasteiger partial charge on any atom is -0.496 e. The Hall–Kier alpha value is -0.740. The molecule has 1 atom stereocenters. The van der Waals surface area contributed by atoms with E-state index in [9.17, 15) is 9.50 Å². The first-order valence-electron chi connectivity index (χ1n) is 4.85. The van der Waals surface area contributed by atoms with Crippen molar-refractivity contribution in [3.05, 3.63) is 29.1 Å². The third kappa shape index (κ3) is 1.96. The summed E-state index contributed by atoms with van der Waals surface area (Å²) >= 11 is 1.69. The first-order chi connectivity index (χ1) is 7.24. The number of hydrogen-bond donors (Lipinski definition) is 1. The normalized spacial score (nSPS) is 20.6. The van der Waals surface area contributed by atoms with E-state index in [1.54, 1.807) is 24.9 Å². The zero-order valence-electron chi connectivity index (χ0n) is 8.50. The lowest BCUT2D eigenvalue weighted by molar-refractivity contribution is 0.169. The molecule has 1 unspecified atom stereocenters. The lowest BCUT2D eigenvalue weighted by Crippen LogP contribution is -2.04. The molecule has 0 saturated heterocycles. The highest BCUT2D eigenvalue weighted by atomic mass is 32.2. The average Bonchev–Trinajstić information content (AvgIpc) is 2.42. The van der Waals surface area contributed by atoms with Crippen molar-refractivity contribution in [3.8, 4) is 5.75 Å². The van der Waals surface area contributed by atoms with Crippen molar-refractivity contribution in [2.24, 2.45) is 0 Å². The molecule has 2 nitrogen and oxygen atoms in total. The zero-order chi connectivity index (χ0) is 10.8. The Labute approximate surface area is 92.4 Å². The number of fused-ring (bicyclic) bond motifs is 1. The average molecular weight is 228 g/mol. The van der Waals surface area contributed by atoms with Gasteiger partial charge in [-0.3, -0.25) is 0 Å². The first-order valence-corrected chi connectivity index (χ1v) is 6.00. The Bertz CT molecular complexity index is 368. The van der Waals surface area contributed by atoms with Crippen molar-refractivity contribution >= 4 is 11.8 Å². The van der Waals surface area contributed by atoms with Crippen molar-refractivity contribution in [1.29, 1.82) is 0 Å². The van der Waals surface area contributed by atoms with Crippen molar-refractivity contribution in [2.75, 3.05) is 12.9 Å². The molecule has 0 fully saturated rings. The van der Waals surface area contributed by atoms with E-state index in [-0.39, 0.29) is 5.82 Å². The van der Waals surface area contributed by atoms with Gasteiger partial charge in [-0.15, -0.1) is 0 Å². The van der Waals surface area contributed by atoms with Gasteiger partial charge in [0.15, 0.2) is 0 Å². The molecule has 0 amide bonds. The second-order valence-electron chi connectivity index (χ2n) is 3.50. The fraction of sp³-hybridized carbons (Fsp3) is 0.455. The number of aliphatic hydroxyl groups excluding tert-OH is 1. The minimum absolute atomic E-state index is 0.333. The Morgan fingerprint density at radius 2 is 2.33 bits per heavy atom. The SMILES string of the molecule is COc1ccc(F)c2c1CSCCC2O. The summed E-state index contributed by atoms with van der Waals surface area (Å²) in [4.78, 5) is 0. The van der Waals surface area contributed by atoms with Crippen LogP contribution in [0.2, 0.25) is 0 Å². The summed E-state index contributed by atoms with van der Waals surface area (Å²) in [6, 6.07) is 2.98. The first kappa shape index (κ1) is 10.8. The molecule has 0 spiro atoms. The highest BCUT2D eigenvalue weighted by Crippen LogP contribution is 2.37. The van der Waals surface area contributed by atoms with E-state index in [1.807, 2.05) is 0 Å². The predicted octanol–water partition coefficient (Wildman–Crippen LogP) is 2.50. The van der Waals surface area contributed by atoms with Crippen LogP contribution < -0.4 is 4.74 Å². The molecule has 0 saturated carbocycles. The van der Waals surface area contributed by atoms with Crippen LogP contribution in [-0.4, -0.2) is 18.0 Å². The quantitative estimate of drug-likeness (QED) is 0.800. The third-order valence-corrected chi connectivity index (χ3v) is 3.61. The number of thioether (sulfide) groups is 1. The van der Waals surface area contributed by atoms with E-state index in [0.29, 0.717) is 23.5 Å². The highest BCUT2D eigenvalue weighted by Gasteiger charge is 2.23. The molecule has 1 aromatic carbocycles. The van der Waals surface area contributed by atoms with Crippen LogP contribution in [0.4, 0.5) is 4.39 Å². The topological polar surface area (TPSA) is 29.5 Å². The maximum Gasteiger partial charge on any atom is 0.129 e. The van der Waals surface area contributed by atoms with Crippen LogP contribution in [0.3, 0.4) is 0 Å². The second kappa shape index (κ2) is 4.41. The van der Waals surface area contributed by atoms with Crippen LogP contribution >= 0.6 is 11.8 Å². The number of ether oxygens (including phenoxy) is 1. The second-order valence-corrected chi connectivity index (χ2v) is 4.60. The van der Waals surface area contributed by atoms with Crippen LogP contribution in [0.15, 0.2) is 12.1 Å². The maximum absolute atomic E-state index is 13.6. The summed E-state index contributed by atoms with van der Waals surface area (Å²) in [5.74, 6) is 1.88. The number of halogens is 1. The number of hydrogen-bond acceptors (Lipinski definition) is 3. The summed E-state index contributed by atoms with van der Waals surface area (Å²) < 4.78 is 18.8. The van der Waals surface area contributed by atoms with Crippen LogP contribution in [0.5, 0.6) is 5.75 Å².